The first-order valence-electron chi connectivity index (χ1n) is 6.06. The van der Waals surface area contributed by atoms with Gasteiger partial charge in [0, 0.05) is 6.54 Å². The standard InChI is InChI=1S/C13H13F4NO3/c1-2-21-11(19)5-6-18-12(20)9-7-8(13(15,16)17)3-4-10(9)14/h3-4,7H,2,5-6H2,1H3,(H,18,20). The topological polar surface area (TPSA) is 55.4 Å². The minimum atomic E-state index is -4.67. The molecule has 0 saturated heterocycles. The van der Waals surface area contributed by atoms with Crippen molar-refractivity contribution in [1.29, 1.82) is 0 Å². The fourth-order valence-electron chi connectivity index (χ4n) is 1.48. The average molecular weight is 307 g/mol. The molecule has 21 heavy (non-hydrogen) atoms. The monoisotopic (exact) mass is 307 g/mol. The van der Waals surface area contributed by atoms with Crippen LogP contribution < -0.4 is 5.32 Å². The number of esters is 1. The molecule has 1 aromatic carbocycles. The van der Waals surface area contributed by atoms with E-state index >= 15 is 0 Å². The summed E-state index contributed by atoms with van der Waals surface area (Å²) in [7, 11) is 0. The first-order chi connectivity index (χ1) is 9.75. The predicted molar refractivity (Wildman–Crippen MR) is 65.0 cm³/mol. The van der Waals surface area contributed by atoms with Crippen LogP contribution in [0.2, 0.25) is 0 Å². The molecular formula is C13H13F4NO3. The quantitative estimate of drug-likeness (QED) is 0.672. The van der Waals surface area contributed by atoms with E-state index in [4.69, 9.17) is 0 Å². The molecule has 0 aliphatic rings. The molecule has 0 heterocycles. The largest absolute Gasteiger partial charge is 0.466 e. The Morgan fingerprint density at radius 2 is 1.95 bits per heavy atom. The number of alkyl halides is 3. The normalized spacial score (nSPS) is 11.1. The Hall–Kier alpha value is -2.12. The fraction of sp³-hybridized carbons (Fsp3) is 0.385. The van der Waals surface area contributed by atoms with Crippen molar-refractivity contribution in [2.75, 3.05) is 13.2 Å². The van der Waals surface area contributed by atoms with Gasteiger partial charge in [0.05, 0.1) is 24.2 Å². The number of hydrogen-bond donors (Lipinski definition) is 1. The number of benzene rings is 1. The third-order valence-corrected chi connectivity index (χ3v) is 2.46. The smallest absolute Gasteiger partial charge is 0.416 e. The summed E-state index contributed by atoms with van der Waals surface area (Å²) >= 11 is 0. The maximum atomic E-state index is 13.4. The Morgan fingerprint density at radius 3 is 2.52 bits per heavy atom. The van der Waals surface area contributed by atoms with Gasteiger partial charge in [-0.15, -0.1) is 0 Å². The van der Waals surface area contributed by atoms with Crippen LogP contribution in [0.3, 0.4) is 0 Å². The Balaban J connectivity index is 2.72. The van der Waals surface area contributed by atoms with Crippen molar-refractivity contribution in [2.24, 2.45) is 0 Å². The van der Waals surface area contributed by atoms with E-state index in [0.29, 0.717) is 18.2 Å². The van der Waals surface area contributed by atoms with Gasteiger partial charge in [-0.3, -0.25) is 9.59 Å². The van der Waals surface area contributed by atoms with Crippen LogP contribution in [-0.2, 0) is 15.7 Å². The molecule has 0 radical (unpaired) electrons. The second-order valence-electron chi connectivity index (χ2n) is 4.00. The number of carbonyl (C=O) groups is 2. The van der Waals surface area contributed by atoms with Crippen LogP contribution in [0.15, 0.2) is 18.2 Å². The summed E-state index contributed by atoms with van der Waals surface area (Å²) in [6, 6.07) is 1.54. The molecule has 8 heteroatoms. The van der Waals surface area contributed by atoms with Gasteiger partial charge in [0.1, 0.15) is 5.82 Å². The van der Waals surface area contributed by atoms with Crippen LogP contribution in [-0.4, -0.2) is 25.0 Å². The first kappa shape index (κ1) is 16.9. The van der Waals surface area contributed by atoms with Crippen LogP contribution in [0.25, 0.3) is 0 Å². The molecule has 0 aliphatic heterocycles. The summed E-state index contributed by atoms with van der Waals surface area (Å²) < 4.78 is 55.5. The van der Waals surface area contributed by atoms with Crippen molar-refractivity contribution in [3.05, 3.63) is 35.1 Å². The van der Waals surface area contributed by atoms with Gasteiger partial charge < -0.3 is 10.1 Å². The van der Waals surface area contributed by atoms with Gasteiger partial charge in [0.2, 0.25) is 0 Å². The average Bonchev–Trinajstić information content (AvgIpc) is 2.38. The van der Waals surface area contributed by atoms with Gasteiger partial charge >= 0.3 is 12.1 Å². The molecule has 0 unspecified atom stereocenters. The van der Waals surface area contributed by atoms with Gasteiger partial charge in [0.15, 0.2) is 0 Å². The van der Waals surface area contributed by atoms with Crippen molar-refractivity contribution in [3.8, 4) is 0 Å². The summed E-state index contributed by atoms with van der Waals surface area (Å²) in [6.07, 6.45) is -4.83. The highest BCUT2D eigenvalue weighted by Gasteiger charge is 2.31. The molecule has 0 bridgehead atoms. The van der Waals surface area contributed by atoms with Gasteiger partial charge in [-0.05, 0) is 25.1 Å². The van der Waals surface area contributed by atoms with Crippen molar-refractivity contribution in [1.82, 2.24) is 5.32 Å². The number of amides is 1. The molecule has 1 aromatic rings. The lowest BCUT2D eigenvalue weighted by Crippen LogP contribution is -2.27. The molecule has 0 atom stereocenters. The first-order valence-corrected chi connectivity index (χ1v) is 6.06. The lowest BCUT2D eigenvalue weighted by molar-refractivity contribution is -0.143. The van der Waals surface area contributed by atoms with E-state index in [-0.39, 0.29) is 19.6 Å². The Morgan fingerprint density at radius 1 is 1.29 bits per heavy atom. The second kappa shape index (κ2) is 7.05. The molecule has 1 amide bonds. The second-order valence-corrected chi connectivity index (χ2v) is 4.00. The van der Waals surface area contributed by atoms with Gasteiger partial charge in [0.25, 0.3) is 5.91 Å². The minimum Gasteiger partial charge on any atom is -0.466 e. The number of nitrogens with one attached hydrogen (secondary N) is 1. The van der Waals surface area contributed by atoms with Crippen molar-refractivity contribution in [3.63, 3.8) is 0 Å². The zero-order valence-electron chi connectivity index (χ0n) is 11.1. The highest BCUT2D eigenvalue weighted by molar-refractivity contribution is 5.94. The Labute approximate surface area is 118 Å². The number of halogens is 4. The van der Waals surface area contributed by atoms with E-state index in [0.717, 1.165) is 0 Å². The van der Waals surface area contributed by atoms with Crippen molar-refractivity contribution in [2.45, 2.75) is 19.5 Å². The van der Waals surface area contributed by atoms with Crippen LogP contribution >= 0.6 is 0 Å². The van der Waals surface area contributed by atoms with E-state index in [1.807, 2.05) is 0 Å². The van der Waals surface area contributed by atoms with E-state index < -0.39 is 35.0 Å². The number of rotatable bonds is 5. The van der Waals surface area contributed by atoms with Crippen LogP contribution in [0.4, 0.5) is 17.6 Å². The molecular weight excluding hydrogens is 294 g/mol. The molecule has 0 spiro atoms. The lowest BCUT2D eigenvalue weighted by atomic mass is 10.1. The summed E-state index contributed by atoms with van der Waals surface area (Å²) in [4.78, 5) is 22.6. The summed E-state index contributed by atoms with van der Waals surface area (Å²) in [5.74, 6) is -2.66. The minimum absolute atomic E-state index is 0.153. The maximum absolute atomic E-state index is 13.4. The molecule has 0 fully saturated rings. The third kappa shape index (κ3) is 5.05. The molecule has 1 N–H and O–H groups in total. The van der Waals surface area contributed by atoms with Crippen LogP contribution in [0, 0.1) is 5.82 Å². The summed E-state index contributed by atoms with van der Waals surface area (Å²) in [5, 5.41) is 2.16. The predicted octanol–water partition coefficient (Wildman–Crippen LogP) is 2.53. The molecule has 116 valence electrons. The highest BCUT2D eigenvalue weighted by atomic mass is 19.4. The van der Waals surface area contributed by atoms with Crippen molar-refractivity contribution < 1.29 is 31.9 Å². The molecule has 0 saturated carbocycles. The van der Waals surface area contributed by atoms with E-state index in [1.54, 1.807) is 6.92 Å². The summed E-state index contributed by atoms with van der Waals surface area (Å²) in [5.41, 5.74) is -1.85. The van der Waals surface area contributed by atoms with Crippen LogP contribution in [0.1, 0.15) is 29.3 Å². The van der Waals surface area contributed by atoms with Crippen molar-refractivity contribution >= 4 is 11.9 Å². The zero-order valence-corrected chi connectivity index (χ0v) is 11.1. The summed E-state index contributed by atoms with van der Waals surface area (Å²) in [6.45, 7) is 1.62. The maximum Gasteiger partial charge on any atom is 0.416 e. The molecule has 0 aromatic heterocycles. The number of hydrogen-bond acceptors (Lipinski definition) is 3. The third-order valence-electron chi connectivity index (χ3n) is 2.46. The van der Waals surface area contributed by atoms with Gasteiger partial charge in [-0.2, -0.15) is 13.2 Å². The number of carbonyl (C=O) groups excluding carboxylic acids is 2. The Bertz CT molecular complexity index is 529. The van der Waals surface area contributed by atoms with Crippen LogP contribution in [0.5, 0.6) is 0 Å². The lowest BCUT2D eigenvalue weighted by Gasteiger charge is -2.10. The Kier molecular flexibility index (Phi) is 5.69. The SMILES string of the molecule is CCOC(=O)CCNC(=O)c1cc(C(F)(F)F)ccc1F. The van der Waals surface area contributed by atoms with E-state index in [1.165, 1.54) is 0 Å². The van der Waals surface area contributed by atoms with E-state index in [9.17, 15) is 27.2 Å². The van der Waals surface area contributed by atoms with E-state index in [2.05, 4.69) is 10.1 Å². The molecule has 0 aliphatic carbocycles. The zero-order chi connectivity index (χ0) is 16.0. The highest BCUT2D eigenvalue weighted by Crippen LogP contribution is 2.30. The number of ether oxygens (including phenoxy) is 1. The van der Waals surface area contributed by atoms with Gasteiger partial charge in [-0.1, -0.05) is 0 Å². The molecule has 1 rings (SSSR count). The fourth-order valence-corrected chi connectivity index (χ4v) is 1.48. The van der Waals surface area contributed by atoms with Gasteiger partial charge in [-0.25, -0.2) is 4.39 Å². The molecule has 4 nitrogen and oxygen atoms in total.